The predicted octanol–water partition coefficient (Wildman–Crippen LogP) is -0.251. The van der Waals surface area contributed by atoms with Gasteiger partial charge in [0.1, 0.15) is 0 Å². The van der Waals surface area contributed by atoms with Crippen LogP contribution in [0.25, 0.3) is 0 Å². The fraction of sp³-hybridized carbons (Fsp3) is 0.700. The Bertz CT molecular complexity index is 482. The standard InChI is InChI=1S/C10H18N4O2S/c1-14-6-9(5-12-14)10(13-11)4-8-2-3-17(15,16)7-8/h5-6,8,10,13H,2-4,7,11H2,1H3. The number of nitrogens with zero attached hydrogens (tertiary/aromatic N) is 2. The maximum absolute atomic E-state index is 11.4. The zero-order chi connectivity index (χ0) is 12.5. The summed E-state index contributed by atoms with van der Waals surface area (Å²) >= 11 is 0. The van der Waals surface area contributed by atoms with Gasteiger partial charge >= 0.3 is 0 Å². The molecule has 6 nitrogen and oxygen atoms in total. The first-order valence-electron chi connectivity index (χ1n) is 5.65. The summed E-state index contributed by atoms with van der Waals surface area (Å²) in [6.07, 6.45) is 5.13. The van der Waals surface area contributed by atoms with E-state index in [1.165, 1.54) is 0 Å². The number of aryl methyl sites for hydroxylation is 1. The van der Waals surface area contributed by atoms with Crippen LogP contribution in [-0.2, 0) is 16.9 Å². The molecule has 1 saturated heterocycles. The maximum atomic E-state index is 11.4. The van der Waals surface area contributed by atoms with Crippen LogP contribution in [0.2, 0.25) is 0 Å². The molecule has 1 fully saturated rings. The van der Waals surface area contributed by atoms with Crippen LogP contribution >= 0.6 is 0 Å². The number of hydrogen-bond donors (Lipinski definition) is 2. The van der Waals surface area contributed by atoms with E-state index in [0.717, 1.165) is 18.4 Å². The first-order chi connectivity index (χ1) is 8.00. The number of nitrogens with one attached hydrogen (secondary N) is 1. The zero-order valence-corrected chi connectivity index (χ0v) is 10.7. The van der Waals surface area contributed by atoms with Gasteiger partial charge in [0.25, 0.3) is 0 Å². The Balaban J connectivity index is 2.01. The van der Waals surface area contributed by atoms with E-state index in [0.29, 0.717) is 5.75 Å². The van der Waals surface area contributed by atoms with Gasteiger partial charge in [-0.25, -0.2) is 8.42 Å². The molecule has 1 aromatic heterocycles. The number of aromatic nitrogens is 2. The number of hydrogen-bond acceptors (Lipinski definition) is 5. The molecule has 17 heavy (non-hydrogen) atoms. The number of nitrogens with two attached hydrogens (primary N) is 1. The van der Waals surface area contributed by atoms with Crippen LogP contribution in [0.15, 0.2) is 12.4 Å². The Morgan fingerprint density at radius 2 is 2.47 bits per heavy atom. The van der Waals surface area contributed by atoms with Gasteiger partial charge in [0.2, 0.25) is 0 Å². The van der Waals surface area contributed by atoms with Crippen LogP contribution in [-0.4, -0.2) is 29.7 Å². The van der Waals surface area contributed by atoms with E-state index in [4.69, 9.17) is 5.84 Å². The van der Waals surface area contributed by atoms with Crippen LogP contribution in [0.1, 0.15) is 24.4 Å². The highest BCUT2D eigenvalue weighted by Crippen LogP contribution is 2.28. The minimum atomic E-state index is -2.82. The highest BCUT2D eigenvalue weighted by molar-refractivity contribution is 7.91. The van der Waals surface area contributed by atoms with Gasteiger partial charge in [0.15, 0.2) is 9.84 Å². The van der Waals surface area contributed by atoms with Crippen molar-refractivity contribution >= 4 is 9.84 Å². The predicted molar refractivity (Wildman–Crippen MR) is 64.6 cm³/mol. The second kappa shape index (κ2) is 4.75. The fourth-order valence-corrected chi connectivity index (χ4v) is 4.19. The van der Waals surface area contributed by atoms with E-state index in [9.17, 15) is 8.42 Å². The molecule has 0 amide bonds. The summed E-state index contributed by atoms with van der Waals surface area (Å²) in [5.74, 6) is 6.31. The third-order valence-corrected chi connectivity index (χ3v) is 5.06. The van der Waals surface area contributed by atoms with Gasteiger partial charge in [-0.05, 0) is 18.8 Å². The number of sulfone groups is 1. The first-order valence-corrected chi connectivity index (χ1v) is 7.47. The Labute approximate surface area is 101 Å². The van der Waals surface area contributed by atoms with Crippen molar-refractivity contribution in [2.45, 2.75) is 18.9 Å². The lowest BCUT2D eigenvalue weighted by molar-refractivity contribution is 0.421. The van der Waals surface area contributed by atoms with Crippen LogP contribution in [0, 0.1) is 5.92 Å². The molecule has 1 aromatic rings. The lowest BCUT2D eigenvalue weighted by atomic mass is 9.96. The highest BCUT2D eigenvalue weighted by Gasteiger charge is 2.30. The fourth-order valence-electron chi connectivity index (χ4n) is 2.31. The van der Waals surface area contributed by atoms with E-state index >= 15 is 0 Å². The molecule has 0 spiro atoms. The lowest BCUT2D eigenvalue weighted by Gasteiger charge is -2.17. The molecule has 0 saturated carbocycles. The maximum Gasteiger partial charge on any atom is 0.150 e. The summed E-state index contributed by atoms with van der Waals surface area (Å²) in [6, 6.07) is -0.0259. The summed E-state index contributed by atoms with van der Waals surface area (Å²) in [5, 5.41) is 4.09. The summed E-state index contributed by atoms with van der Waals surface area (Å²) in [6.45, 7) is 0. The van der Waals surface area contributed by atoms with E-state index in [1.807, 2.05) is 13.2 Å². The average molecular weight is 258 g/mol. The number of rotatable bonds is 4. The average Bonchev–Trinajstić information content (AvgIpc) is 2.81. The molecule has 96 valence electrons. The molecule has 2 atom stereocenters. The van der Waals surface area contributed by atoms with Gasteiger partial charge in [0, 0.05) is 24.8 Å². The highest BCUT2D eigenvalue weighted by atomic mass is 32.2. The molecule has 3 N–H and O–H groups in total. The van der Waals surface area contributed by atoms with E-state index in [1.54, 1.807) is 10.9 Å². The second-order valence-corrected chi connectivity index (χ2v) is 6.90. The van der Waals surface area contributed by atoms with Crippen molar-refractivity contribution in [3.8, 4) is 0 Å². The molecule has 0 aromatic carbocycles. The minimum absolute atomic E-state index is 0.0259. The van der Waals surface area contributed by atoms with Crippen molar-refractivity contribution in [3.05, 3.63) is 18.0 Å². The molecule has 7 heteroatoms. The molecule has 1 aliphatic heterocycles. The molecular formula is C10H18N4O2S. The van der Waals surface area contributed by atoms with E-state index in [-0.39, 0.29) is 17.7 Å². The summed E-state index contributed by atoms with van der Waals surface area (Å²) < 4.78 is 24.5. The number of hydrazine groups is 1. The topological polar surface area (TPSA) is 90.0 Å². The molecular weight excluding hydrogens is 240 g/mol. The van der Waals surface area contributed by atoms with Gasteiger partial charge < -0.3 is 0 Å². The first kappa shape index (κ1) is 12.5. The second-order valence-electron chi connectivity index (χ2n) is 4.67. The molecule has 0 bridgehead atoms. The van der Waals surface area contributed by atoms with Gasteiger partial charge in [-0.15, -0.1) is 0 Å². The third-order valence-electron chi connectivity index (χ3n) is 3.22. The Hall–Kier alpha value is -0.920. The quantitative estimate of drug-likeness (QED) is 0.574. The normalized spacial score (nSPS) is 24.9. The van der Waals surface area contributed by atoms with Gasteiger partial charge in [-0.2, -0.15) is 5.10 Å². The van der Waals surface area contributed by atoms with Crippen molar-refractivity contribution in [1.82, 2.24) is 15.2 Å². The Kier molecular flexibility index (Phi) is 3.50. The van der Waals surface area contributed by atoms with Gasteiger partial charge in [0.05, 0.1) is 17.7 Å². The monoisotopic (exact) mass is 258 g/mol. The van der Waals surface area contributed by atoms with Crippen molar-refractivity contribution in [2.75, 3.05) is 11.5 Å². The summed E-state index contributed by atoms with van der Waals surface area (Å²) in [5.41, 5.74) is 3.74. The molecule has 2 rings (SSSR count). The SMILES string of the molecule is Cn1cc(C(CC2CCS(=O)(=O)C2)NN)cn1. The van der Waals surface area contributed by atoms with Crippen molar-refractivity contribution in [3.63, 3.8) is 0 Å². The molecule has 2 heterocycles. The molecule has 0 radical (unpaired) electrons. The van der Waals surface area contributed by atoms with Gasteiger partial charge in [-0.3, -0.25) is 16.0 Å². The van der Waals surface area contributed by atoms with Crippen LogP contribution in [0.3, 0.4) is 0 Å². The molecule has 2 unspecified atom stereocenters. The zero-order valence-electron chi connectivity index (χ0n) is 9.83. The summed E-state index contributed by atoms with van der Waals surface area (Å²) in [4.78, 5) is 0. The lowest BCUT2D eigenvalue weighted by Crippen LogP contribution is -2.29. The minimum Gasteiger partial charge on any atom is -0.275 e. The smallest absolute Gasteiger partial charge is 0.150 e. The van der Waals surface area contributed by atoms with E-state index in [2.05, 4.69) is 10.5 Å². The third kappa shape index (κ3) is 3.05. The largest absolute Gasteiger partial charge is 0.275 e. The van der Waals surface area contributed by atoms with Crippen molar-refractivity contribution in [2.24, 2.45) is 18.8 Å². The Morgan fingerprint density at radius 1 is 1.71 bits per heavy atom. The van der Waals surface area contributed by atoms with Crippen LogP contribution in [0.4, 0.5) is 0 Å². The summed E-state index contributed by atoms with van der Waals surface area (Å²) in [7, 11) is -0.971. The van der Waals surface area contributed by atoms with Gasteiger partial charge in [-0.1, -0.05) is 0 Å². The van der Waals surface area contributed by atoms with Crippen LogP contribution in [0.5, 0.6) is 0 Å². The van der Waals surface area contributed by atoms with Crippen LogP contribution < -0.4 is 11.3 Å². The Morgan fingerprint density at radius 3 is 2.94 bits per heavy atom. The molecule has 0 aliphatic carbocycles. The van der Waals surface area contributed by atoms with Crippen molar-refractivity contribution < 1.29 is 8.42 Å². The van der Waals surface area contributed by atoms with E-state index < -0.39 is 9.84 Å². The van der Waals surface area contributed by atoms with Crippen molar-refractivity contribution in [1.29, 1.82) is 0 Å². The molecule has 1 aliphatic rings.